The van der Waals surface area contributed by atoms with Crippen molar-refractivity contribution in [3.63, 3.8) is 0 Å². The van der Waals surface area contributed by atoms with Crippen LogP contribution in [0.2, 0.25) is 5.02 Å². The lowest BCUT2D eigenvalue weighted by Gasteiger charge is -2.11. The highest BCUT2D eigenvalue weighted by atomic mass is 35.5. The lowest BCUT2D eigenvalue weighted by atomic mass is 10.2. The zero-order valence-corrected chi connectivity index (χ0v) is 15.7. The Bertz CT molecular complexity index is 1090. The van der Waals surface area contributed by atoms with E-state index in [4.69, 9.17) is 11.6 Å². The maximum absolute atomic E-state index is 12.9. The van der Waals surface area contributed by atoms with Crippen LogP contribution in [0.1, 0.15) is 15.4 Å². The predicted octanol–water partition coefficient (Wildman–Crippen LogP) is 4.00. The van der Waals surface area contributed by atoms with E-state index in [0.29, 0.717) is 32.0 Å². The number of rotatable bonds is 4. The molecule has 27 heavy (non-hydrogen) atoms. The summed E-state index contributed by atoms with van der Waals surface area (Å²) in [4.78, 5) is 26.1. The van der Waals surface area contributed by atoms with Gasteiger partial charge in [-0.2, -0.15) is 5.10 Å². The van der Waals surface area contributed by atoms with E-state index in [1.807, 2.05) is 18.2 Å². The Hall–Kier alpha value is -3.10. The van der Waals surface area contributed by atoms with Crippen molar-refractivity contribution in [3.8, 4) is 16.4 Å². The molecule has 3 aromatic heterocycles. The topological polar surface area (TPSA) is 85.6 Å². The van der Waals surface area contributed by atoms with Gasteiger partial charge in [0.15, 0.2) is 0 Å². The van der Waals surface area contributed by atoms with E-state index in [0.717, 1.165) is 5.69 Å². The summed E-state index contributed by atoms with van der Waals surface area (Å²) >= 11 is 7.40. The molecule has 4 aromatic rings. The first-order valence-corrected chi connectivity index (χ1v) is 9.16. The molecule has 4 rings (SSSR count). The molecule has 1 N–H and O–H groups in total. The number of anilines is 1. The zero-order chi connectivity index (χ0) is 18.8. The molecule has 7 nitrogen and oxygen atoms in total. The molecule has 0 aliphatic rings. The van der Waals surface area contributed by atoms with Gasteiger partial charge in [-0.25, -0.2) is 14.6 Å². The molecule has 0 atom stereocenters. The summed E-state index contributed by atoms with van der Waals surface area (Å²) in [6, 6.07) is 10.8. The van der Waals surface area contributed by atoms with Crippen LogP contribution >= 0.6 is 22.9 Å². The van der Waals surface area contributed by atoms with Crippen molar-refractivity contribution in [2.24, 2.45) is 0 Å². The van der Waals surface area contributed by atoms with Gasteiger partial charge in [-0.1, -0.05) is 17.7 Å². The minimum absolute atomic E-state index is 0.268. The van der Waals surface area contributed by atoms with E-state index in [-0.39, 0.29) is 5.91 Å². The third-order valence-electron chi connectivity index (χ3n) is 3.76. The quantitative estimate of drug-likeness (QED) is 0.563. The summed E-state index contributed by atoms with van der Waals surface area (Å²) in [6.07, 6.45) is 4.67. The van der Waals surface area contributed by atoms with Gasteiger partial charge in [0, 0.05) is 11.2 Å². The molecule has 0 bridgehead atoms. The van der Waals surface area contributed by atoms with Gasteiger partial charge in [-0.05, 0) is 37.3 Å². The van der Waals surface area contributed by atoms with Gasteiger partial charge >= 0.3 is 0 Å². The molecule has 0 fully saturated rings. The molecule has 0 radical (unpaired) electrons. The van der Waals surface area contributed by atoms with Gasteiger partial charge in [0.05, 0.1) is 22.8 Å². The van der Waals surface area contributed by atoms with Crippen molar-refractivity contribution in [3.05, 3.63) is 70.8 Å². The Kier molecular flexibility index (Phi) is 4.66. The first-order valence-electron chi connectivity index (χ1n) is 7.96. The number of nitrogens with zero attached hydrogens (tertiary/aromatic N) is 5. The normalized spacial score (nSPS) is 10.7. The van der Waals surface area contributed by atoms with E-state index in [2.05, 4.69) is 25.4 Å². The number of carbonyl (C=O) groups is 1. The van der Waals surface area contributed by atoms with E-state index in [1.54, 1.807) is 42.3 Å². The van der Waals surface area contributed by atoms with Gasteiger partial charge in [0.25, 0.3) is 5.91 Å². The smallest absolute Gasteiger partial charge is 0.267 e. The molecule has 0 unspecified atom stereocenters. The van der Waals surface area contributed by atoms with Crippen molar-refractivity contribution in [1.29, 1.82) is 0 Å². The fourth-order valence-corrected chi connectivity index (χ4v) is 3.64. The highest BCUT2D eigenvalue weighted by molar-refractivity contribution is 7.17. The second-order valence-corrected chi connectivity index (χ2v) is 7.04. The minimum atomic E-state index is -0.268. The van der Waals surface area contributed by atoms with Crippen LogP contribution in [0.5, 0.6) is 0 Å². The van der Waals surface area contributed by atoms with Crippen LogP contribution < -0.4 is 5.32 Å². The monoisotopic (exact) mass is 396 g/mol. The molecule has 134 valence electrons. The molecule has 1 aromatic carbocycles. The van der Waals surface area contributed by atoms with Crippen molar-refractivity contribution in [2.45, 2.75) is 6.92 Å². The second-order valence-electron chi connectivity index (χ2n) is 5.60. The molecule has 3 heterocycles. The Balaban J connectivity index is 1.66. The van der Waals surface area contributed by atoms with E-state index < -0.39 is 0 Å². The van der Waals surface area contributed by atoms with Crippen LogP contribution in [0.25, 0.3) is 16.4 Å². The maximum atomic E-state index is 12.9. The largest absolute Gasteiger partial charge is 0.319 e. The number of aryl methyl sites for hydroxylation is 1. The predicted molar refractivity (Wildman–Crippen MR) is 104 cm³/mol. The summed E-state index contributed by atoms with van der Waals surface area (Å²) in [6.45, 7) is 1.80. The van der Waals surface area contributed by atoms with E-state index >= 15 is 0 Å². The molecule has 0 aliphatic carbocycles. The van der Waals surface area contributed by atoms with Crippen molar-refractivity contribution in [1.82, 2.24) is 24.7 Å². The third-order valence-corrected chi connectivity index (χ3v) is 5.17. The lowest BCUT2D eigenvalue weighted by Crippen LogP contribution is -2.14. The number of benzene rings is 1. The molecular formula is C18H13ClN6OS. The minimum Gasteiger partial charge on any atom is -0.319 e. The molecular weight excluding hydrogens is 384 g/mol. The highest BCUT2D eigenvalue weighted by Crippen LogP contribution is 2.29. The standard InChI is InChI=1S/C18H13ClN6OS/c1-11-16(27-18(23-11)13-4-2-3-7-21-13)17(26)24-14-8-12(19)5-6-15(14)25-10-20-9-22-25/h2-10H,1H3,(H,24,26). The number of thiazole rings is 1. The molecule has 0 saturated carbocycles. The van der Waals surface area contributed by atoms with Gasteiger partial charge in [0.1, 0.15) is 22.5 Å². The second kappa shape index (κ2) is 7.26. The van der Waals surface area contributed by atoms with Gasteiger partial charge in [0.2, 0.25) is 0 Å². The van der Waals surface area contributed by atoms with Crippen LogP contribution in [-0.4, -0.2) is 30.6 Å². The van der Waals surface area contributed by atoms with Crippen LogP contribution in [0.3, 0.4) is 0 Å². The number of hydrogen-bond donors (Lipinski definition) is 1. The summed E-state index contributed by atoms with van der Waals surface area (Å²) in [5, 5.41) is 8.21. The summed E-state index contributed by atoms with van der Waals surface area (Å²) in [7, 11) is 0. The van der Waals surface area contributed by atoms with Gasteiger partial charge in [-0.3, -0.25) is 9.78 Å². The molecule has 0 saturated heterocycles. The van der Waals surface area contributed by atoms with E-state index in [9.17, 15) is 4.79 Å². The number of aromatic nitrogens is 5. The first-order chi connectivity index (χ1) is 13.1. The number of halogens is 1. The van der Waals surface area contributed by atoms with Crippen LogP contribution in [-0.2, 0) is 0 Å². The highest BCUT2D eigenvalue weighted by Gasteiger charge is 2.18. The molecule has 0 aliphatic heterocycles. The van der Waals surface area contributed by atoms with Crippen molar-refractivity contribution >= 4 is 34.5 Å². The average Bonchev–Trinajstić information content (AvgIpc) is 3.32. The Morgan fingerprint density at radius 1 is 1.26 bits per heavy atom. The number of amides is 1. The molecule has 0 spiro atoms. The number of nitrogens with one attached hydrogen (secondary N) is 1. The summed E-state index contributed by atoms with van der Waals surface area (Å²) in [5.74, 6) is -0.268. The zero-order valence-electron chi connectivity index (χ0n) is 14.1. The first kappa shape index (κ1) is 17.3. The summed E-state index contributed by atoms with van der Waals surface area (Å²) in [5.41, 5.74) is 2.57. The van der Waals surface area contributed by atoms with Gasteiger partial charge < -0.3 is 5.32 Å². The number of carbonyl (C=O) groups excluding carboxylic acids is 1. The van der Waals surface area contributed by atoms with Crippen LogP contribution in [0, 0.1) is 6.92 Å². The summed E-state index contributed by atoms with van der Waals surface area (Å²) < 4.78 is 1.56. The fourth-order valence-electron chi connectivity index (χ4n) is 2.53. The number of hydrogen-bond acceptors (Lipinski definition) is 6. The van der Waals surface area contributed by atoms with Crippen LogP contribution in [0.15, 0.2) is 55.2 Å². The van der Waals surface area contributed by atoms with Crippen molar-refractivity contribution < 1.29 is 4.79 Å². The third kappa shape index (κ3) is 3.57. The number of pyridine rings is 1. The maximum Gasteiger partial charge on any atom is 0.267 e. The Labute approximate surface area is 163 Å². The Morgan fingerprint density at radius 3 is 2.89 bits per heavy atom. The fraction of sp³-hybridized carbons (Fsp3) is 0.0556. The SMILES string of the molecule is Cc1nc(-c2ccccn2)sc1C(=O)Nc1cc(Cl)ccc1-n1cncn1. The lowest BCUT2D eigenvalue weighted by molar-refractivity contribution is 0.103. The Morgan fingerprint density at radius 2 is 2.15 bits per heavy atom. The van der Waals surface area contributed by atoms with Gasteiger partial charge in [-0.15, -0.1) is 11.3 Å². The van der Waals surface area contributed by atoms with Crippen molar-refractivity contribution in [2.75, 3.05) is 5.32 Å². The van der Waals surface area contributed by atoms with E-state index in [1.165, 1.54) is 17.7 Å². The average molecular weight is 397 g/mol. The molecule has 9 heteroatoms. The molecule has 1 amide bonds. The van der Waals surface area contributed by atoms with Crippen LogP contribution in [0.4, 0.5) is 5.69 Å².